The predicted molar refractivity (Wildman–Crippen MR) is 74.0 cm³/mol. The van der Waals surface area contributed by atoms with Gasteiger partial charge in [-0.1, -0.05) is 11.3 Å². The Bertz CT molecular complexity index is 689. The Morgan fingerprint density at radius 3 is 3.05 bits per heavy atom. The molecule has 2 N–H and O–H groups in total. The van der Waals surface area contributed by atoms with Crippen molar-refractivity contribution in [3.8, 4) is 5.69 Å². The van der Waals surface area contributed by atoms with Gasteiger partial charge in [0.05, 0.1) is 23.1 Å². The molecule has 2 heterocycles. The Balaban J connectivity index is 1.92. The predicted octanol–water partition coefficient (Wildman–Crippen LogP) is 1.71. The molecule has 0 aliphatic heterocycles. The van der Waals surface area contributed by atoms with Gasteiger partial charge in [0.15, 0.2) is 0 Å². The molecule has 0 unspecified atom stereocenters. The van der Waals surface area contributed by atoms with Crippen molar-refractivity contribution in [3.63, 3.8) is 0 Å². The van der Waals surface area contributed by atoms with E-state index in [1.165, 1.54) is 0 Å². The summed E-state index contributed by atoms with van der Waals surface area (Å²) >= 11 is 0. The maximum atomic E-state index is 5.49. The number of nitrogens with zero attached hydrogens (tertiary/aromatic N) is 4. The van der Waals surface area contributed by atoms with Crippen molar-refractivity contribution < 1.29 is 0 Å². The Labute approximate surface area is 111 Å². The molecular formula is C14H15N5. The third-order valence-corrected chi connectivity index (χ3v) is 3.03. The van der Waals surface area contributed by atoms with Crippen molar-refractivity contribution in [2.45, 2.75) is 12.8 Å². The molecule has 0 saturated heterocycles. The molecule has 0 atom stereocenters. The van der Waals surface area contributed by atoms with E-state index in [9.17, 15) is 0 Å². The first-order chi connectivity index (χ1) is 9.36. The van der Waals surface area contributed by atoms with Gasteiger partial charge in [0.1, 0.15) is 0 Å². The number of aromatic nitrogens is 4. The number of nitrogens with two attached hydrogens (primary N) is 1. The molecule has 0 aliphatic carbocycles. The van der Waals surface area contributed by atoms with Crippen LogP contribution in [0.4, 0.5) is 0 Å². The Morgan fingerprint density at radius 2 is 2.16 bits per heavy atom. The highest BCUT2D eigenvalue weighted by Crippen LogP contribution is 2.16. The topological polar surface area (TPSA) is 69.6 Å². The van der Waals surface area contributed by atoms with Gasteiger partial charge in [0.2, 0.25) is 0 Å². The van der Waals surface area contributed by atoms with Crippen molar-refractivity contribution in [3.05, 3.63) is 48.4 Å². The van der Waals surface area contributed by atoms with Gasteiger partial charge >= 0.3 is 0 Å². The van der Waals surface area contributed by atoms with Crippen LogP contribution in [-0.4, -0.2) is 26.5 Å². The lowest BCUT2D eigenvalue weighted by Crippen LogP contribution is -2.00. The van der Waals surface area contributed by atoms with E-state index in [1.807, 2.05) is 30.5 Å². The van der Waals surface area contributed by atoms with Crippen LogP contribution in [0, 0.1) is 0 Å². The van der Waals surface area contributed by atoms with E-state index in [1.54, 1.807) is 10.9 Å². The molecule has 3 aromatic rings. The number of hydrogen-bond donors (Lipinski definition) is 1. The van der Waals surface area contributed by atoms with Crippen LogP contribution in [0.2, 0.25) is 0 Å². The number of pyridine rings is 1. The fourth-order valence-corrected chi connectivity index (χ4v) is 2.03. The van der Waals surface area contributed by atoms with E-state index in [-0.39, 0.29) is 0 Å². The van der Waals surface area contributed by atoms with Crippen molar-refractivity contribution >= 4 is 10.9 Å². The minimum Gasteiger partial charge on any atom is -0.330 e. The SMILES string of the molecule is NCCCc1cn(-c2ccc3ncccc3c2)nn1. The average Bonchev–Trinajstić information content (AvgIpc) is 2.93. The third-order valence-electron chi connectivity index (χ3n) is 3.03. The van der Waals surface area contributed by atoms with E-state index in [4.69, 9.17) is 5.73 Å². The number of benzene rings is 1. The minimum atomic E-state index is 0.675. The molecule has 0 radical (unpaired) electrons. The Morgan fingerprint density at radius 1 is 1.21 bits per heavy atom. The number of rotatable bonds is 4. The molecule has 0 spiro atoms. The van der Waals surface area contributed by atoms with Crippen LogP contribution in [0.15, 0.2) is 42.7 Å². The van der Waals surface area contributed by atoms with Crippen molar-refractivity contribution in [2.24, 2.45) is 5.73 Å². The number of fused-ring (bicyclic) bond motifs is 1. The normalized spacial score (nSPS) is 11.0. The summed E-state index contributed by atoms with van der Waals surface area (Å²) in [6.07, 6.45) is 5.54. The van der Waals surface area contributed by atoms with Crippen LogP contribution in [0.1, 0.15) is 12.1 Å². The second-order valence-corrected chi connectivity index (χ2v) is 4.43. The van der Waals surface area contributed by atoms with Crippen LogP contribution in [-0.2, 0) is 6.42 Å². The van der Waals surface area contributed by atoms with E-state index >= 15 is 0 Å². The summed E-state index contributed by atoms with van der Waals surface area (Å²) in [5.74, 6) is 0. The monoisotopic (exact) mass is 253 g/mol. The van der Waals surface area contributed by atoms with Crippen LogP contribution >= 0.6 is 0 Å². The van der Waals surface area contributed by atoms with Crippen molar-refractivity contribution in [2.75, 3.05) is 6.54 Å². The molecular weight excluding hydrogens is 238 g/mol. The molecule has 0 saturated carbocycles. The first-order valence-corrected chi connectivity index (χ1v) is 6.33. The van der Waals surface area contributed by atoms with E-state index in [0.717, 1.165) is 35.1 Å². The average molecular weight is 253 g/mol. The smallest absolute Gasteiger partial charge is 0.0832 e. The van der Waals surface area contributed by atoms with Crippen LogP contribution in [0.3, 0.4) is 0 Å². The maximum Gasteiger partial charge on any atom is 0.0832 e. The van der Waals surface area contributed by atoms with Gasteiger partial charge in [-0.25, -0.2) is 4.68 Å². The van der Waals surface area contributed by atoms with Crippen molar-refractivity contribution in [1.82, 2.24) is 20.0 Å². The van der Waals surface area contributed by atoms with Gasteiger partial charge in [-0.3, -0.25) is 4.98 Å². The summed E-state index contributed by atoms with van der Waals surface area (Å²) in [5, 5.41) is 9.40. The van der Waals surface area contributed by atoms with Crippen molar-refractivity contribution in [1.29, 1.82) is 0 Å². The second-order valence-electron chi connectivity index (χ2n) is 4.43. The molecule has 0 aliphatic rings. The molecule has 96 valence electrons. The minimum absolute atomic E-state index is 0.675. The highest BCUT2D eigenvalue weighted by Gasteiger charge is 2.03. The fourth-order valence-electron chi connectivity index (χ4n) is 2.03. The zero-order valence-electron chi connectivity index (χ0n) is 10.5. The lowest BCUT2D eigenvalue weighted by molar-refractivity contribution is 0.779. The lowest BCUT2D eigenvalue weighted by atomic mass is 10.2. The van der Waals surface area contributed by atoms with Gasteiger partial charge in [0.25, 0.3) is 0 Å². The number of aryl methyl sites for hydroxylation is 1. The first-order valence-electron chi connectivity index (χ1n) is 6.33. The molecule has 0 amide bonds. The number of hydrogen-bond acceptors (Lipinski definition) is 4. The Kier molecular flexibility index (Phi) is 3.20. The largest absolute Gasteiger partial charge is 0.330 e. The van der Waals surface area contributed by atoms with Gasteiger partial charge in [-0.15, -0.1) is 5.10 Å². The summed E-state index contributed by atoms with van der Waals surface area (Å²) in [7, 11) is 0. The van der Waals surface area contributed by atoms with Crippen LogP contribution < -0.4 is 5.73 Å². The quantitative estimate of drug-likeness (QED) is 0.768. The van der Waals surface area contributed by atoms with Gasteiger partial charge in [0, 0.05) is 11.6 Å². The zero-order valence-corrected chi connectivity index (χ0v) is 10.5. The van der Waals surface area contributed by atoms with Gasteiger partial charge < -0.3 is 5.73 Å². The molecule has 5 heteroatoms. The molecule has 2 aromatic heterocycles. The van der Waals surface area contributed by atoms with E-state index in [0.29, 0.717) is 6.54 Å². The highest BCUT2D eigenvalue weighted by atomic mass is 15.4. The summed E-state index contributed by atoms with van der Waals surface area (Å²) in [6.45, 7) is 0.675. The second kappa shape index (κ2) is 5.16. The first kappa shape index (κ1) is 11.8. The van der Waals surface area contributed by atoms with E-state index in [2.05, 4.69) is 21.4 Å². The summed E-state index contributed by atoms with van der Waals surface area (Å²) in [4.78, 5) is 4.30. The standard InChI is InChI=1S/C14H15N5/c15-7-1-4-12-10-19(18-17-12)13-5-6-14-11(9-13)3-2-8-16-14/h2-3,5-6,8-10H,1,4,7,15H2. The van der Waals surface area contributed by atoms with Crippen LogP contribution in [0.5, 0.6) is 0 Å². The van der Waals surface area contributed by atoms with E-state index < -0.39 is 0 Å². The highest BCUT2D eigenvalue weighted by molar-refractivity contribution is 5.80. The molecule has 5 nitrogen and oxygen atoms in total. The molecule has 0 fully saturated rings. The summed E-state index contributed by atoms with van der Waals surface area (Å²) in [6, 6.07) is 10.0. The van der Waals surface area contributed by atoms with Gasteiger partial charge in [-0.2, -0.15) is 0 Å². The Hall–Kier alpha value is -2.27. The molecule has 0 bridgehead atoms. The molecule has 19 heavy (non-hydrogen) atoms. The summed E-state index contributed by atoms with van der Waals surface area (Å²) < 4.78 is 1.79. The summed E-state index contributed by atoms with van der Waals surface area (Å²) in [5.41, 5.74) is 8.44. The lowest BCUT2D eigenvalue weighted by Gasteiger charge is -2.01. The fraction of sp³-hybridized carbons (Fsp3) is 0.214. The molecule has 3 rings (SSSR count). The zero-order chi connectivity index (χ0) is 13.1. The third kappa shape index (κ3) is 2.46. The van der Waals surface area contributed by atoms with Crippen LogP contribution in [0.25, 0.3) is 16.6 Å². The maximum absolute atomic E-state index is 5.49. The van der Waals surface area contributed by atoms with Gasteiger partial charge in [-0.05, 0) is 43.7 Å². The molecule has 1 aromatic carbocycles.